The third kappa shape index (κ3) is 4.94. The number of amides is 1. The molecule has 0 aliphatic heterocycles. The molecule has 2 aromatic carbocycles. The van der Waals surface area contributed by atoms with E-state index in [-0.39, 0.29) is 5.69 Å². The van der Waals surface area contributed by atoms with Crippen molar-refractivity contribution in [1.29, 1.82) is 0 Å². The molecule has 1 N–H and O–H groups in total. The lowest BCUT2D eigenvalue weighted by atomic mass is 10.2. The second kappa shape index (κ2) is 8.68. The number of para-hydroxylation sites is 1. The van der Waals surface area contributed by atoms with Crippen LogP contribution < -0.4 is 14.8 Å². The van der Waals surface area contributed by atoms with E-state index < -0.39 is 17.8 Å². The van der Waals surface area contributed by atoms with Gasteiger partial charge in [0, 0.05) is 5.56 Å². The first-order valence-corrected chi connectivity index (χ1v) is 7.51. The quantitative estimate of drug-likeness (QED) is 0.617. The van der Waals surface area contributed by atoms with Gasteiger partial charge in [0.25, 0.3) is 5.91 Å². The average molecular weight is 346 g/mol. The van der Waals surface area contributed by atoms with Crippen molar-refractivity contribution in [2.75, 3.05) is 19.5 Å². The lowest BCUT2D eigenvalue weighted by molar-refractivity contribution is -0.126. The highest BCUT2D eigenvalue weighted by molar-refractivity contribution is 5.94. The number of hydrogen-bond acceptors (Lipinski definition) is 5. The highest BCUT2D eigenvalue weighted by atomic mass is 19.1. The third-order valence-electron chi connectivity index (χ3n) is 3.33. The van der Waals surface area contributed by atoms with Crippen molar-refractivity contribution in [3.63, 3.8) is 0 Å². The van der Waals surface area contributed by atoms with Crippen molar-refractivity contribution < 1.29 is 23.5 Å². The summed E-state index contributed by atoms with van der Waals surface area (Å²) in [5.41, 5.74) is 0.797. The van der Waals surface area contributed by atoms with Crippen molar-refractivity contribution in [3.8, 4) is 11.5 Å². The van der Waals surface area contributed by atoms with Crippen LogP contribution in [-0.2, 0) is 9.63 Å². The monoisotopic (exact) mass is 346 g/mol. The molecule has 1 amide bonds. The minimum absolute atomic E-state index is 0.0896. The maximum atomic E-state index is 13.5. The molecule has 6 nitrogen and oxygen atoms in total. The standard InChI is InChI=1S/C18H19FN2O4/c1-12(18(22)21-15-7-5-4-6-14(15)19)25-20-11-13-8-9-16(23-2)17(10-13)24-3/h4-12H,1-3H3,(H,21,22)/b20-11+. The summed E-state index contributed by atoms with van der Waals surface area (Å²) >= 11 is 0. The summed E-state index contributed by atoms with van der Waals surface area (Å²) < 4.78 is 23.9. The van der Waals surface area contributed by atoms with E-state index in [0.717, 1.165) is 0 Å². The number of anilines is 1. The Balaban J connectivity index is 1.94. The number of methoxy groups -OCH3 is 2. The van der Waals surface area contributed by atoms with Crippen LogP contribution in [0.5, 0.6) is 11.5 Å². The zero-order valence-corrected chi connectivity index (χ0v) is 14.2. The van der Waals surface area contributed by atoms with Crippen LogP contribution in [0.1, 0.15) is 12.5 Å². The fourth-order valence-corrected chi connectivity index (χ4v) is 1.96. The number of carbonyl (C=O) groups excluding carboxylic acids is 1. The van der Waals surface area contributed by atoms with E-state index in [9.17, 15) is 9.18 Å². The molecule has 0 aliphatic rings. The van der Waals surface area contributed by atoms with Gasteiger partial charge in [-0.05, 0) is 37.3 Å². The van der Waals surface area contributed by atoms with Gasteiger partial charge in [-0.25, -0.2) is 4.39 Å². The Labute approximate surface area is 145 Å². The van der Waals surface area contributed by atoms with Crippen LogP contribution in [0.15, 0.2) is 47.6 Å². The van der Waals surface area contributed by atoms with Gasteiger partial charge in [0.15, 0.2) is 11.5 Å². The molecule has 0 radical (unpaired) electrons. The van der Waals surface area contributed by atoms with Crippen LogP contribution in [0.4, 0.5) is 10.1 Å². The van der Waals surface area contributed by atoms with Gasteiger partial charge in [0.2, 0.25) is 6.10 Å². The van der Waals surface area contributed by atoms with E-state index in [1.54, 1.807) is 37.4 Å². The van der Waals surface area contributed by atoms with Crippen molar-refractivity contribution >= 4 is 17.8 Å². The van der Waals surface area contributed by atoms with Gasteiger partial charge in [-0.1, -0.05) is 17.3 Å². The summed E-state index contributed by atoms with van der Waals surface area (Å²) in [6, 6.07) is 11.1. The van der Waals surface area contributed by atoms with E-state index in [2.05, 4.69) is 10.5 Å². The van der Waals surface area contributed by atoms with Crippen LogP contribution in [-0.4, -0.2) is 32.4 Å². The maximum absolute atomic E-state index is 13.5. The fourth-order valence-electron chi connectivity index (χ4n) is 1.96. The molecular formula is C18H19FN2O4. The highest BCUT2D eigenvalue weighted by Gasteiger charge is 2.15. The van der Waals surface area contributed by atoms with E-state index in [1.165, 1.54) is 32.4 Å². The number of carbonyl (C=O) groups is 1. The Morgan fingerprint density at radius 3 is 2.56 bits per heavy atom. The molecule has 0 saturated heterocycles. The summed E-state index contributed by atoms with van der Waals surface area (Å²) in [6.07, 6.45) is 0.547. The van der Waals surface area contributed by atoms with E-state index in [0.29, 0.717) is 17.1 Å². The number of benzene rings is 2. The average Bonchev–Trinajstić information content (AvgIpc) is 2.63. The summed E-state index contributed by atoms with van der Waals surface area (Å²) in [5.74, 6) is 0.126. The predicted molar refractivity (Wildman–Crippen MR) is 92.7 cm³/mol. The van der Waals surface area contributed by atoms with Crippen LogP contribution >= 0.6 is 0 Å². The Bertz CT molecular complexity index is 764. The number of halogens is 1. The molecule has 25 heavy (non-hydrogen) atoms. The van der Waals surface area contributed by atoms with Gasteiger partial charge >= 0.3 is 0 Å². The van der Waals surface area contributed by atoms with Crippen molar-refractivity contribution in [1.82, 2.24) is 0 Å². The molecular weight excluding hydrogens is 327 g/mol. The fraction of sp³-hybridized carbons (Fsp3) is 0.222. The number of nitrogens with one attached hydrogen (secondary N) is 1. The van der Waals surface area contributed by atoms with Crippen LogP contribution in [0.25, 0.3) is 0 Å². The normalized spacial score (nSPS) is 11.8. The highest BCUT2D eigenvalue weighted by Crippen LogP contribution is 2.26. The topological polar surface area (TPSA) is 69.2 Å². The molecule has 2 aromatic rings. The first kappa shape index (κ1) is 18.3. The molecule has 0 bridgehead atoms. The maximum Gasteiger partial charge on any atom is 0.268 e. The summed E-state index contributed by atoms with van der Waals surface area (Å²) in [7, 11) is 3.08. The molecule has 0 saturated carbocycles. The second-order valence-electron chi connectivity index (χ2n) is 5.07. The largest absolute Gasteiger partial charge is 0.493 e. The van der Waals surface area contributed by atoms with Crippen LogP contribution in [0.3, 0.4) is 0 Å². The van der Waals surface area contributed by atoms with Gasteiger partial charge in [-0.2, -0.15) is 0 Å². The summed E-state index contributed by atoms with van der Waals surface area (Å²) in [5, 5.41) is 6.22. The molecule has 2 rings (SSSR count). The van der Waals surface area contributed by atoms with E-state index >= 15 is 0 Å². The van der Waals surface area contributed by atoms with E-state index in [4.69, 9.17) is 14.3 Å². The van der Waals surface area contributed by atoms with Gasteiger partial charge < -0.3 is 19.6 Å². The zero-order chi connectivity index (χ0) is 18.2. The Hall–Kier alpha value is -3.09. The Kier molecular flexibility index (Phi) is 6.33. The summed E-state index contributed by atoms with van der Waals surface area (Å²) in [6.45, 7) is 1.52. The molecule has 0 aliphatic carbocycles. The molecule has 1 unspecified atom stereocenters. The number of ether oxygens (including phenoxy) is 2. The molecule has 132 valence electrons. The van der Waals surface area contributed by atoms with Gasteiger partial charge in [0.1, 0.15) is 5.82 Å². The van der Waals surface area contributed by atoms with E-state index in [1.807, 2.05) is 0 Å². The number of rotatable bonds is 7. The zero-order valence-electron chi connectivity index (χ0n) is 14.2. The molecule has 1 atom stereocenters. The van der Waals surface area contributed by atoms with Crippen molar-refractivity contribution in [2.24, 2.45) is 5.16 Å². The van der Waals surface area contributed by atoms with Crippen LogP contribution in [0, 0.1) is 5.82 Å². The Morgan fingerprint density at radius 1 is 1.16 bits per heavy atom. The number of oxime groups is 1. The SMILES string of the molecule is COc1ccc(/C=N/OC(C)C(=O)Nc2ccccc2F)cc1OC. The van der Waals surface area contributed by atoms with Crippen LogP contribution in [0.2, 0.25) is 0 Å². The number of nitrogens with zero attached hydrogens (tertiary/aromatic N) is 1. The third-order valence-corrected chi connectivity index (χ3v) is 3.33. The first-order valence-electron chi connectivity index (χ1n) is 7.51. The van der Waals surface area contributed by atoms with Crippen molar-refractivity contribution in [2.45, 2.75) is 13.0 Å². The molecule has 0 aromatic heterocycles. The minimum atomic E-state index is -0.893. The molecule has 0 spiro atoms. The van der Waals surface area contributed by atoms with Gasteiger partial charge in [-0.3, -0.25) is 4.79 Å². The number of hydrogen-bond donors (Lipinski definition) is 1. The lowest BCUT2D eigenvalue weighted by Gasteiger charge is -2.11. The lowest BCUT2D eigenvalue weighted by Crippen LogP contribution is -2.26. The minimum Gasteiger partial charge on any atom is -0.493 e. The van der Waals surface area contributed by atoms with Gasteiger partial charge in [-0.15, -0.1) is 0 Å². The Morgan fingerprint density at radius 2 is 1.88 bits per heavy atom. The summed E-state index contributed by atoms with van der Waals surface area (Å²) in [4.78, 5) is 17.1. The molecule has 7 heteroatoms. The second-order valence-corrected chi connectivity index (χ2v) is 5.07. The molecule has 0 fully saturated rings. The molecule has 0 heterocycles. The smallest absolute Gasteiger partial charge is 0.268 e. The van der Waals surface area contributed by atoms with Gasteiger partial charge in [0.05, 0.1) is 26.1 Å². The first-order chi connectivity index (χ1) is 12.0. The van der Waals surface area contributed by atoms with Crippen molar-refractivity contribution in [3.05, 3.63) is 53.8 Å². The predicted octanol–water partition coefficient (Wildman–Crippen LogP) is 3.22.